The maximum absolute atomic E-state index is 12.4. The molecule has 0 aromatic rings. The van der Waals surface area contributed by atoms with Crippen LogP contribution in [0.5, 0.6) is 0 Å². The van der Waals surface area contributed by atoms with Crippen molar-refractivity contribution in [2.24, 2.45) is 0 Å². The lowest BCUT2D eigenvalue weighted by atomic mass is 10.0. The second kappa shape index (κ2) is 48.7. The molecule has 11 nitrogen and oxygen atoms in total. The first kappa shape index (κ1) is 63.2. The Balaban J connectivity index is 3.75. The van der Waals surface area contributed by atoms with Crippen molar-refractivity contribution < 1.29 is 47.8 Å². The van der Waals surface area contributed by atoms with Crippen LogP contribution in [-0.2, 0) is 32.7 Å². The number of aliphatic carboxylic acids is 1. The van der Waals surface area contributed by atoms with Crippen LogP contribution < -0.4 is 5.32 Å². The zero-order valence-electron chi connectivity index (χ0n) is 42.1. The minimum Gasteiger partial charge on any atom is -0.480 e. The number of amides is 1. The first-order valence-electron chi connectivity index (χ1n) is 27.2. The Morgan fingerprint density at radius 1 is 0.477 bits per heavy atom. The number of ether oxygens (including phenoxy) is 1. The van der Waals surface area contributed by atoms with Crippen LogP contribution >= 0.6 is 7.82 Å². The number of carbonyl (C=O) groups is 3. The molecule has 0 radical (unpaired) electrons. The standard InChI is InChI=1S/C53H102NO10P/c1-3-5-7-9-11-13-15-17-19-21-23-24-25-26-27-29-31-33-35-37-39-41-43-45-52(57)62-46-49(55)47-63-65(60,61)64-48-50(53(58)59)54-51(56)44-42-40-38-36-34-32-30-28-22-20-18-16-14-12-10-8-6-4-2/h17,19,49-50,55H,3-16,18,20-48H2,1-2H3,(H,54,56)(H,58,59)(H,60,61)/b19-17+. The van der Waals surface area contributed by atoms with E-state index in [-0.39, 0.29) is 12.8 Å². The predicted molar refractivity (Wildman–Crippen MR) is 268 cm³/mol. The lowest BCUT2D eigenvalue weighted by molar-refractivity contribution is -0.147. The van der Waals surface area contributed by atoms with E-state index in [0.29, 0.717) is 12.8 Å². The van der Waals surface area contributed by atoms with E-state index in [1.54, 1.807) is 0 Å². The van der Waals surface area contributed by atoms with Gasteiger partial charge in [-0.25, -0.2) is 9.36 Å². The lowest BCUT2D eigenvalue weighted by Gasteiger charge is -2.18. The average molecular weight is 944 g/mol. The average Bonchev–Trinajstić information content (AvgIpc) is 3.28. The van der Waals surface area contributed by atoms with Gasteiger partial charge in [-0.1, -0.05) is 238 Å². The van der Waals surface area contributed by atoms with Crippen LogP contribution in [0.4, 0.5) is 0 Å². The van der Waals surface area contributed by atoms with E-state index in [2.05, 4.69) is 31.3 Å². The van der Waals surface area contributed by atoms with Crippen LogP contribution in [0.3, 0.4) is 0 Å². The summed E-state index contributed by atoms with van der Waals surface area (Å²) in [5, 5.41) is 22.0. The fourth-order valence-corrected chi connectivity index (χ4v) is 8.85. The van der Waals surface area contributed by atoms with Gasteiger partial charge in [0.1, 0.15) is 12.7 Å². The molecule has 0 spiro atoms. The van der Waals surface area contributed by atoms with Crippen molar-refractivity contribution >= 4 is 25.7 Å². The van der Waals surface area contributed by atoms with E-state index in [1.807, 2.05) is 0 Å². The monoisotopic (exact) mass is 944 g/mol. The molecule has 0 aliphatic rings. The van der Waals surface area contributed by atoms with Crippen LogP contribution in [0.1, 0.15) is 277 Å². The van der Waals surface area contributed by atoms with Crippen LogP contribution in [0.2, 0.25) is 0 Å². The van der Waals surface area contributed by atoms with Crippen LogP contribution in [-0.4, -0.2) is 64.9 Å². The molecule has 0 aromatic heterocycles. The third-order valence-electron chi connectivity index (χ3n) is 12.3. The molecule has 1 amide bonds. The molecule has 0 aromatic carbocycles. The number of carboxylic acid groups (broad SMARTS) is 1. The molecule has 0 rings (SSSR count). The molecular formula is C53H102NO10P. The maximum Gasteiger partial charge on any atom is 0.472 e. The summed E-state index contributed by atoms with van der Waals surface area (Å²) < 4.78 is 27.0. The first-order valence-corrected chi connectivity index (χ1v) is 28.7. The molecule has 0 heterocycles. The number of hydrogen-bond acceptors (Lipinski definition) is 8. The van der Waals surface area contributed by atoms with Gasteiger partial charge in [-0.15, -0.1) is 0 Å². The van der Waals surface area contributed by atoms with E-state index < -0.39 is 57.6 Å². The van der Waals surface area contributed by atoms with Gasteiger partial charge >= 0.3 is 19.8 Å². The summed E-state index contributed by atoms with van der Waals surface area (Å²) in [6.45, 7) is 2.65. The van der Waals surface area contributed by atoms with E-state index >= 15 is 0 Å². The quantitative estimate of drug-likeness (QED) is 0.0199. The second-order valence-electron chi connectivity index (χ2n) is 18.8. The fraction of sp³-hybridized carbons (Fsp3) is 0.906. The Morgan fingerprint density at radius 3 is 1.17 bits per heavy atom. The highest BCUT2D eigenvalue weighted by molar-refractivity contribution is 7.47. The number of carbonyl (C=O) groups excluding carboxylic acids is 2. The Bertz CT molecular complexity index is 1150. The summed E-state index contributed by atoms with van der Waals surface area (Å²) in [5.41, 5.74) is 0. The predicted octanol–water partition coefficient (Wildman–Crippen LogP) is 15.2. The molecule has 12 heteroatoms. The van der Waals surface area contributed by atoms with Crippen molar-refractivity contribution in [3.8, 4) is 0 Å². The molecule has 65 heavy (non-hydrogen) atoms. The maximum atomic E-state index is 12.4. The number of unbranched alkanes of at least 4 members (excludes halogenated alkanes) is 36. The molecule has 0 saturated heterocycles. The fourth-order valence-electron chi connectivity index (χ4n) is 8.08. The molecule has 3 unspecified atom stereocenters. The van der Waals surface area contributed by atoms with Gasteiger partial charge in [0, 0.05) is 12.8 Å². The van der Waals surface area contributed by atoms with E-state index in [1.165, 1.54) is 199 Å². The summed E-state index contributed by atoms with van der Waals surface area (Å²) >= 11 is 0. The molecule has 0 bridgehead atoms. The minimum absolute atomic E-state index is 0.152. The van der Waals surface area contributed by atoms with Crippen molar-refractivity contribution in [2.45, 2.75) is 289 Å². The third-order valence-corrected chi connectivity index (χ3v) is 13.3. The van der Waals surface area contributed by atoms with E-state index in [4.69, 9.17) is 13.8 Å². The Kier molecular flexibility index (Phi) is 47.3. The van der Waals surface area contributed by atoms with Crippen molar-refractivity contribution in [2.75, 3.05) is 19.8 Å². The zero-order valence-corrected chi connectivity index (χ0v) is 43.0. The largest absolute Gasteiger partial charge is 0.480 e. The summed E-state index contributed by atoms with van der Waals surface area (Å²) in [6, 6.07) is -1.54. The molecule has 384 valence electrons. The van der Waals surface area contributed by atoms with Gasteiger partial charge in [0.25, 0.3) is 0 Å². The number of hydrogen-bond donors (Lipinski definition) is 4. The van der Waals surface area contributed by atoms with Gasteiger partial charge in [-0.3, -0.25) is 18.6 Å². The lowest BCUT2D eigenvalue weighted by Crippen LogP contribution is -2.43. The summed E-state index contributed by atoms with van der Waals surface area (Å²) in [5.74, 6) is -2.35. The smallest absolute Gasteiger partial charge is 0.472 e. The molecule has 0 fully saturated rings. The number of carboxylic acids is 1. The number of esters is 1. The van der Waals surface area contributed by atoms with Crippen LogP contribution in [0.25, 0.3) is 0 Å². The van der Waals surface area contributed by atoms with Gasteiger partial charge in [0.05, 0.1) is 13.2 Å². The number of aliphatic hydroxyl groups excluding tert-OH is 1. The summed E-state index contributed by atoms with van der Waals surface area (Å²) in [7, 11) is -4.76. The Labute approximate surface area is 398 Å². The SMILES string of the molecule is CCCCCCCC/C=C/CCCCCCCCCCCCCCCC(=O)OCC(O)COP(=O)(O)OCC(NC(=O)CCCCCCCCCCCCCCCCCCCC)C(=O)O. The molecular weight excluding hydrogens is 842 g/mol. The zero-order chi connectivity index (χ0) is 47.7. The Morgan fingerprint density at radius 2 is 0.800 bits per heavy atom. The van der Waals surface area contributed by atoms with E-state index in [9.17, 15) is 34.1 Å². The number of nitrogens with one attached hydrogen (secondary N) is 1. The summed E-state index contributed by atoms with van der Waals surface area (Å²) in [4.78, 5) is 46.2. The molecule has 0 aliphatic carbocycles. The number of phosphoric ester groups is 1. The van der Waals surface area contributed by atoms with Crippen molar-refractivity contribution in [1.82, 2.24) is 5.32 Å². The Hall–Kier alpha value is -1.78. The number of phosphoric acid groups is 1. The highest BCUT2D eigenvalue weighted by Crippen LogP contribution is 2.43. The number of aliphatic hydroxyl groups is 1. The topological polar surface area (TPSA) is 169 Å². The molecule has 4 N–H and O–H groups in total. The van der Waals surface area contributed by atoms with Gasteiger partial charge in [-0.05, 0) is 38.5 Å². The number of rotatable bonds is 52. The van der Waals surface area contributed by atoms with Gasteiger partial charge in [-0.2, -0.15) is 0 Å². The molecule has 3 atom stereocenters. The highest BCUT2D eigenvalue weighted by atomic mass is 31.2. The van der Waals surface area contributed by atoms with Crippen molar-refractivity contribution in [1.29, 1.82) is 0 Å². The van der Waals surface area contributed by atoms with Gasteiger partial charge in [0.2, 0.25) is 5.91 Å². The highest BCUT2D eigenvalue weighted by Gasteiger charge is 2.28. The first-order chi connectivity index (χ1) is 31.6. The third kappa shape index (κ3) is 48.5. The van der Waals surface area contributed by atoms with Crippen molar-refractivity contribution in [3.63, 3.8) is 0 Å². The normalized spacial score (nSPS) is 13.5. The number of allylic oxidation sites excluding steroid dienone is 2. The van der Waals surface area contributed by atoms with Gasteiger partial charge < -0.3 is 25.2 Å². The van der Waals surface area contributed by atoms with Gasteiger partial charge in [0.15, 0.2) is 6.04 Å². The van der Waals surface area contributed by atoms with Crippen LogP contribution in [0, 0.1) is 0 Å². The second-order valence-corrected chi connectivity index (χ2v) is 20.2. The van der Waals surface area contributed by atoms with Crippen LogP contribution in [0.15, 0.2) is 12.2 Å². The molecule has 0 saturated carbocycles. The van der Waals surface area contributed by atoms with Crippen molar-refractivity contribution in [3.05, 3.63) is 12.2 Å². The minimum atomic E-state index is -4.76. The molecule has 0 aliphatic heterocycles. The summed E-state index contributed by atoms with van der Waals surface area (Å²) in [6.07, 6.45) is 52.4. The van der Waals surface area contributed by atoms with E-state index in [0.717, 1.165) is 38.5 Å².